The number of hydrogen-bond donors (Lipinski definition) is 3. The maximum atomic E-state index is 15.7. The van der Waals surface area contributed by atoms with Gasteiger partial charge in [-0.05, 0) is 53.6 Å². The highest BCUT2D eigenvalue weighted by Crippen LogP contribution is 2.37. The molecule has 0 saturated heterocycles. The number of aryl methyl sites for hydroxylation is 2. The van der Waals surface area contributed by atoms with Crippen molar-refractivity contribution in [3.63, 3.8) is 0 Å². The number of primary amides is 1. The molecule has 4 N–H and O–H groups in total. The molecule has 1 aliphatic heterocycles. The summed E-state index contributed by atoms with van der Waals surface area (Å²) in [6, 6.07) is 9.18. The van der Waals surface area contributed by atoms with Crippen LogP contribution in [0.1, 0.15) is 58.2 Å². The number of benzene rings is 2. The standard InChI is InChI=1S/C27H27FN6O2S/c1-14-17(26(36)32-20-12-37-13-30-20)6-7-18(22(14)28)23-21(24(29)35)25-31-19-8-5-16(27(2,3)4)11-15(19)9-10-34(25)33-23/h5-8,11-13,31H,9-10H2,1-4H3,(H2,29,35)(H,32,36). The van der Waals surface area contributed by atoms with Crippen LogP contribution in [0.25, 0.3) is 11.3 Å². The summed E-state index contributed by atoms with van der Waals surface area (Å²) in [6.07, 6.45) is 0.676. The van der Waals surface area contributed by atoms with Crippen LogP contribution in [0.2, 0.25) is 0 Å². The predicted octanol–water partition coefficient (Wildman–Crippen LogP) is 5.40. The molecule has 0 unspecified atom stereocenters. The molecule has 37 heavy (non-hydrogen) atoms. The molecule has 0 fully saturated rings. The normalized spacial score (nSPS) is 12.8. The molecule has 5 rings (SSSR count). The number of nitrogens with zero attached hydrogens (tertiary/aromatic N) is 3. The smallest absolute Gasteiger partial charge is 0.257 e. The molecule has 4 aromatic rings. The van der Waals surface area contributed by atoms with Gasteiger partial charge in [0.25, 0.3) is 11.8 Å². The van der Waals surface area contributed by atoms with E-state index in [2.05, 4.69) is 53.6 Å². The largest absolute Gasteiger partial charge is 0.365 e. The first-order chi connectivity index (χ1) is 17.5. The van der Waals surface area contributed by atoms with Gasteiger partial charge in [0.15, 0.2) is 0 Å². The fourth-order valence-electron chi connectivity index (χ4n) is 4.49. The van der Waals surface area contributed by atoms with Gasteiger partial charge in [-0.3, -0.25) is 9.59 Å². The number of nitrogens with two attached hydrogens (primary N) is 1. The fraction of sp³-hybridized carbons (Fsp3) is 0.259. The number of carbonyl (C=O) groups is 2. The summed E-state index contributed by atoms with van der Waals surface area (Å²) in [5, 5.41) is 12.3. The summed E-state index contributed by atoms with van der Waals surface area (Å²) in [7, 11) is 0. The molecule has 0 aliphatic carbocycles. The molecular weight excluding hydrogens is 491 g/mol. The van der Waals surface area contributed by atoms with Crippen molar-refractivity contribution in [3.8, 4) is 11.3 Å². The van der Waals surface area contributed by atoms with Gasteiger partial charge in [0, 0.05) is 28.7 Å². The summed E-state index contributed by atoms with van der Waals surface area (Å²) >= 11 is 1.34. The van der Waals surface area contributed by atoms with E-state index < -0.39 is 17.6 Å². The topological polar surface area (TPSA) is 115 Å². The number of hydrogen-bond acceptors (Lipinski definition) is 6. The van der Waals surface area contributed by atoms with Crippen LogP contribution < -0.4 is 16.4 Å². The molecule has 0 spiro atoms. The van der Waals surface area contributed by atoms with Crippen molar-refractivity contribution in [2.24, 2.45) is 5.73 Å². The first-order valence-corrected chi connectivity index (χ1v) is 12.8. The minimum absolute atomic E-state index is 0.000854. The van der Waals surface area contributed by atoms with Gasteiger partial charge < -0.3 is 16.4 Å². The fourth-order valence-corrected chi connectivity index (χ4v) is 4.97. The Balaban J connectivity index is 1.54. The Bertz CT molecular complexity index is 1540. The van der Waals surface area contributed by atoms with Gasteiger partial charge >= 0.3 is 0 Å². The Kier molecular flexibility index (Phi) is 6.07. The summed E-state index contributed by atoms with van der Waals surface area (Å²) < 4.78 is 17.3. The lowest BCUT2D eigenvalue weighted by molar-refractivity contribution is 0.0998. The van der Waals surface area contributed by atoms with Crippen molar-refractivity contribution in [1.29, 1.82) is 0 Å². The molecular formula is C27H27FN6O2S. The van der Waals surface area contributed by atoms with Crippen LogP contribution in [-0.2, 0) is 18.4 Å². The van der Waals surface area contributed by atoms with E-state index in [0.717, 1.165) is 11.3 Å². The SMILES string of the molecule is Cc1c(C(=O)Nc2cscn2)ccc(-c2nn3c(c2C(N)=O)Nc2ccc(C(C)(C)C)cc2CC3)c1F. The first kappa shape index (κ1) is 24.6. The molecule has 8 nitrogen and oxygen atoms in total. The number of carbonyl (C=O) groups excluding carboxylic acids is 2. The highest BCUT2D eigenvalue weighted by Gasteiger charge is 2.29. The minimum atomic E-state index is -0.721. The molecule has 2 aromatic carbocycles. The molecule has 1 aliphatic rings. The lowest BCUT2D eigenvalue weighted by Crippen LogP contribution is -2.16. The maximum absolute atomic E-state index is 15.7. The average Bonchev–Trinajstić information content (AvgIpc) is 3.43. The van der Waals surface area contributed by atoms with E-state index >= 15 is 4.39 Å². The van der Waals surface area contributed by atoms with E-state index in [-0.39, 0.29) is 33.4 Å². The van der Waals surface area contributed by atoms with Crippen LogP contribution in [0.4, 0.5) is 21.7 Å². The minimum Gasteiger partial charge on any atom is -0.365 e. The number of fused-ring (bicyclic) bond motifs is 2. The number of thiazole rings is 1. The van der Waals surface area contributed by atoms with Gasteiger partial charge in [0.05, 0.1) is 5.51 Å². The Labute approximate surface area is 217 Å². The summed E-state index contributed by atoms with van der Waals surface area (Å²) in [6.45, 7) is 8.47. The zero-order valence-electron chi connectivity index (χ0n) is 21.0. The van der Waals surface area contributed by atoms with Gasteiger partial charge in [0.1, 0.15) is 28.7 Å². The van der Waals surface area contributed by atoms with Crippen LogP contribution >= 0.6 is 11.3 Å². The van der Waals surface area contributed by atoms with Gasteiger partial charge in [-0.2, -0.15) is 5.10 Å². The summed E-state index contributed by atoms with van der Waals surface area (Å²) in [5.41, 5.74) is 11.2. The molecule has 0 atom stereocenters. The summed E-state index contributed by atoms with van der Waals surface area (Å²) in [4.78, 5) is 29.3. The monoisotopic (exact) mass is 518 g/mol. The zero-order chi connectivity index (χ0) is 26.5. The Morgan fingerprint density at radius 3 is 2.68 bits per heavy atom. The Hall–Kier alpha value is -4.05. The molecule has 0 radical (unpaired) electrons. The van der Waals surface area contributed by atoms with Gasteiger partial charge in [0.2, 0.25) is 0 Å². The van der Waals surface area contributed by atoms with Crippen molar-refractivity contribution >= 4 is 40.5 Å². The van der Waals surface area contributed by atoms with Gasteiger partial charge in [-0.1, -0.05) is 32.9 Å². The van der Waals surface area contributed by atoms with E-state index in [0.29, 0.717) is 24.6 Å². The van der Waals surface area contributed by atoms with Crippen molar-refractivity contribution in [2.45, 2.75) is 46.1 Å². The van der Waals surface area contributed by atoms with Gasteiger partial charge in [-0.25, -0.2) is 14.1 Å². The van der Waals surface area contributed by atoms with E-state index in [1.165, 1.54) is 36.0 Å². The van der Waals surface area contributed by atoms with Crippen molar-refractivity contribution in [2.75, 3.05) is 10.6 Å². The molecule has 2 aromatic heterocycles. The second-order valence-corrected chi connectivity index (χ2v) is 10.8. The quantitative estimate of drug-likeness (QED) is 0.335. The number of amides is 2. The van der Waals surface area contributed by atoms with Crippen molar-refractivity contribution in [3.05, 3.63) is 74.9 Å². The van der Waals surface area contributed by atoms with E-state index in [1.807, 2.05) is 6.07 Å². The third-order valence-electron chi connectivity index (χ3n) is 6.58. The lowest BCUT2D eigenvalue weighted by Gasteiger charge is -2.21. The molecule has 190 valence electrons. The lowest BCUT2D eigenvalue weighted by atomic mass is 9.85. The second-order valence-electron chi connectivity index (χ2n) is 10.1. The highest BCUT2D eigenvalue weighted by atomic mass is 32.1. The van der Waals surface area contributed by atoms with Crippen LogP contribution in [-0.4, -0.2) is 26.6 Å². The molecule has 10 heteroatoms. The number of aromatic nitrogens is 3. The molecule has 2 amide bonds. The predicted molar refractivity (Wildman–Crippen MR) is 143 cm³/mol. The van der Waals surface area contributed by atoms with Crippen molar-refractivity contribution < 1.29 is 14.0 Å². The average molecular weight is 519 g/mol. The number of rotatable bonds is 4. The Morgan fingerprint density at radius 2 is 2.00 bits per heavy atom. The highest BCUT2D eigenvalue weighted by molar-refractivity contribution is 7.07. The number of nitrogens with one attached hydrogen (secondary N) is 2. The van der Waals surface area contributed by atoms with Gasteiger partial charge in [-0.15, -0.1) is 11.3 Å². The van der Waals surface area contributed by atoms with Crippen LogP contribution in [0.15, 0.2) is 41.2 Å². The summed E-state index contributed by atoms with van der Waals surface area (Å²) in [5.74, 6) is -1.02. The third kappa shape index (κ3) is 4.48. The third-order valence-corrected chi connectivity index (χ3v) is 7.16. The van der Waals surface area contributed by atoms with Crippen LogP contribution in [0, 0.1) is 12.7 Å². The zero-order valence-corrected chi connectivity index (χ0v) is 21.8. The number of anilines is 3. The maximum Gasteiger partial charge on any atom is 0.257 e. The first-order valence-electron chi connectivity index (χ1n) is 11.8. The Morgan fingerprint density at radius 1 is 1.22 bits per heavy atom. The molecule has 3 heterocycles. The molecule has 0 bridgehead atoms. The van der Waals surface area contributed by atoms with E-state index in [1.54, 1.807) is 15.6 Å². The van der Waals surface area contributed by atoms with Crippen molar-refractivity contribution in [1.82, 2.24) is 14.8 Å². The second kappa shape index (κ2) is 9.11. The number of halogens is 1. The van der Waals surface area contributed by atoms with Crippen LogP contribution in [0.3, 0.4) is 0 Å². The van der Waals surface area contributed by atoms with E-state index in [9.17, 15) is 9.59 Å². The molecule has 0 saturated carbocycles. The van der Waals surface area contributed by atoms with E-state index in [4.69, 9.17) is 5.73 Å². The van der Waals surface area contributed by atoms with Crippen LogP contribution in [0.5, 0.6) is 0 Å².